The van der Waals surface area contributed by atoms with E-state index in [1.807, 2.05) is 0 Å². The average Bonchev–Trinajstić information content (AvgIpc) is 2.82. The lowest BCUT2D eigenvalue weighted by atomic mass is 10.0. The van der Waals surface area contributed by atoms with Crippen LogP contribution in [0.5, 0.6) is 0 Å². The van der Waals surface area contributed by atoms with E-state index >= 15 is 0 Å². The van der Waals surface area contributed by atoms with Crippen molar-refractivity contribution in [2.24, 2.45) is 0 Å². The molecule has 0 aromatic carbocycles. The molecule has 0 radical (unpaired) electrons. The Bertz CT molecular complexity index is 296. The van der Waals surface area contributed by atoms with Gasteiger partial charge in [-0.15, -0.1) is 0 Å². The molecule has 0 saturated heterocycles. The highest BCUT2D eigenvalue weighted by atomic mass is 15.7. The lowest BCUT2D eigenvalue weighted by Gasteiger charge is -2.11. The number of hydrogen-bond donors (Lipinski definition) is 4. The Labute approximate surface area is 110 Å². The van der Waals surface area contributed by atoms with Gasteiger partial charge in [0, 0.05) is 12.2 Å². The maximum atomic E-state index is 3.15. The molecule has 102 valence electrons. The van der Waals surface area contributed by atoms with E-state index in [0.29, 0.717) is 0 Å². The molecule has 4 N–H and O–H groups in total. The Hall–Kier alpha value is -0.840. The first-order valence-electron chi connectivity index (χ1n) is 7.33. The standard InChI is InChI=1S/C14H26N4/c1-2-4-6-8-13-9-10-14(12-13)16-18-17-15-11-7-5-3-1/h10,12,15-18H,1-9,11H2. The van der Waals surface area contributed by atoms with Gasteiger partial charge >= 0.3 is 0 Å². The molecule has 2 aliphatic rings. The quantitative estimate of drug-likeness (QED) is 0.533. The molecule has 2 bridgehead atoms. The summed E-state index contributed by atoms with van der Waals surface area (Å²) in [5, 5.41) is 0. The molecule has 4 nitrogen and oxygen atoms in total. The fraction of sp³-hybridized carbons (Fsp3) is 0.714. The molecule has 18 heavy (non-hydrogen) atoms. The molecule has 0 aromatic rings. The highest BCUT2D eigenvalue weighted by molar-refractivity contribution is 5.30. The summed E-state index contributed by atoms with van der Waals surface area (Å²) in [4.78, 5) is 0. The highest BCUT2D eigenvalue weighted by Crippen LogP contribution is 2.21. The first-order valence-corrected chi connectivity index (χ1v) is 7.33. The number of hydrogen-bond acceptors (Lipinski definition) is 4. The minimum atomic E-state index is 1.01. The van der Waals surface area contributed by atoms with Crippen LogP contribution in [-0.4, -0.2) is 6.54 Å². The van der Waals surface area contributed by atoms with Gasteiger partial charge in [-0.05, 0) is 31.8 Å². The fourth-order valence-corrected chi connectivity index (χ4v) is 2.50. The van der Waals surface area contributed by atoms with E-state index in [-0.39, 0.29) is 0 Å². The van der Waals surface area contributed by atoms with Crippen LogP contribution in [0.15, 0.2) is 23.4 Å². The van der Waals surface area contributed by atoms with Crippen molar-refractivity contribution in [2.75, 3.05) is 6.54 Å². The first kappa shape index (κ1) is 13.6. The van der Waals surface area contributed by atoms with Crippen molar-refractivity contribution in [3.63, 3.8) is 0 Å². The van der Waals surface area contributed by atoms with Crippen LogP contribution in [0.4, 0.5) is 0 Å². The zero-order chi connectivity index (χ0) is 12.5. The van der Waals surface area contributed by atoms with E-state index < -0.39 is 0 Å². The van der Waals surface area contributed by atoms with Crippen LogP contribution >= 0.6 is 0 Å². The summed E-state index contributed by atoms with van der Waals surface area (Å²) in [5.74, 6) is 0. The maximum absolute atomic E-state index is 3.15. The molecular weight excluding hydrogens is 224 g/mol. The SMILES string of the molecule is C1=C2CC=C1NNNNCCCCCCCCC2. The van der Waals surface area contributed by atoms with Gasteiger partial charge < -0.3 is 5.43 Å². The second-order valence-electron chi connectivity index (χ2n) is 5.19. The summed E-state index contributed by atoms with van der Waals surface area (Å²) >= 11 is 0. The molecule has 2 rings (SSSR count). The summed E-state index contributed by atoms with van der Waals surface area (Å²) in [5.41, 5.74) is 15.0. The lowest BCUT2D eigenvalue weighted by Crippen LogP contribution is -2.50. The van der Waals surface area contributed by atoms with Crippen LogP contribution in [0.2, 0.25) is 0 Å². The van der Waals surface area contributed by atoms with E-state index in [1.165, 1.54) is 57.1 Å². The summed E-state index contributed by atoms with van der Waals surface area (Å²) in [6, 6.07) is 0. The Morgan fingerprint density at radius 3 is 2.50 bits per heavy atom. The van der Waals surface area contributed by atoms with Crippen LogP contribution in [0, 0.1) is 0 Å². The highest BCUT2D eigenvalue weighted by Gasteiger charge is 2.06. The van der Waals surface area contributed by atoms with Crippen molar-refractivity contribution in [1.82, 2.24) is 21.9 Å². The van der Waals surface area contributed by atoms with Crippen molar-refractivity contribution >= 4 is 0 Å². The number of nitrogens with one attached hydrogen (secondary N) is 4. The van der Waals surface area contributed by atoms with Crippen molar-refractivity contribution in [3.8, 4) is 0 Å². The molecule has 0 fully saturated rings. The van der Waals surface area contributed by atoms with Crippen LogP contribution in [0.3, 0.4) is 0 Å². The predicted octanol–water partition coefficient (Wildman–Crippen LogP) is 2.44. The third kappa shape index (κ3) is 5.21. The Morgan fingerprint density at radius 1 is 0.833 bits per heavy atom. The lowest BCUT2D eigenvalue weighted by molar-refractivity contribution is 0.390. The molecular formula is C14H26N4. The second kappa shape index (κ2) is 8.29. The van der Waals surface area contributed by atoms with E-state index in [2.05, 4.69) is 34.1 Å². The van der Waals surface area contributed by atoms with Crippen molar-refractivity contribution < 1.29 is 0 Å². The minimum Gasteiger partial charge on any atom is -0.307 e. The van der Waals surface area contributed by atoms with Crippen LogP contribution in [0.25, 0.3) is 0 Å². The summed E-state index contributed by atoms with van der Waals surface area (Å²) in [6.45, 7) is 1.01. The molecule has 0 spiro atoms. The maximum Gasteiger partial charge on any atom is 0.0464 e. The van der Waals surface area contributed by atoms with Gasteiger partial charge in [-0.3, -0.25) is 0 Å². The second-order valence-corrected chi connectivity index (χ2v) is 5.19. The predicted molar refractivity (Wildman–Crippen MR) is 75.1 cm³/mol. The molecule has 0 aromatic heterocycles. The van der Waals surface area contributed by atoms with E-state index in [1.54, 1.807) is 5.57 Å². The van der Waals surface area contributed by atoms with Gasteiger partial charge in [0.15, 0.2) is 0 Å². The van der Waals surface area contributed by atoms with E-state index in [4.69, 9.17) is 0 Å². The zero-order valence-corrected chi connectivity index (χ0v) is 11.2. The first-order chi connectivity index (χ1) is 8.95. The number of allylic oxidation sites excluding steroid dienone is 3. The van der Waals surface area contributed by atoms with Crippen LogP contribution in [0.1, 0.15) is 57.8 Å². The van der Waals surface area contributed by atoms with Crippen LogP contribution in [-0.2, 0) is 0 Å². The molecule has 4 heteroatoms. The average molecular weight is 250 g/mol. The summed E-state index contributed by atoms with van der Waals surface area (Å²) < 4.78 is 0. The van der Waals surface area contributed by atoms with Crippen molar-refractivity contribution in [2.45, 2.75) is 57.8 Å². The number of fused-ring (bicyclic) bond motifs is 1. The van der Waals surface area contributed by atoms with E-state index in [0.717, 1.165) is 13.0 Å². The Balaban J connectivity index is 1.73. The Kier molecular flexibility index (Phi) is 6.26. The largest absolute Gasteiger partial charge is 0.307 e. The molecule has 0 amide bonds. The van der Waals surface area contributed by atoms with Gasteiger partial charge in [-0.2, -0.15) is 11.1 Å². The van der Waals surface area contributed by atoms with Gasteiger partial charge in [-0.25, -0.2) is 5.43 Å². The van der Waals surface area contributed by atoms with Gasteiger partial charge in [0.1, 0.15) is 0 Å². The van der Waals surface area contributed by atoms with Gasteiger partial charge in [0.2, 0.25) is 0 Å². The normalized spacial score (nSPS) is 24.0. The Morgan fingerprint density at radius 2 is 1.61 bits per heavy atom. The third-order valence-corrected chi connectivity index (χ3v) is 3.60. The smallest absolute Gasteiger partial charge is 0.0464 e. The monoisotopic (exact) mass is 250 g/mol. The van der Waals surface area contributed by atoms with Gasteiger partial charge in [0.05, 0.1) is 0 Å². The van der Waals surface area contributed by atoms with Crippen LogP contribution < -0.4 is 21.9 Å². The topological polar surface area (TPSA) is 48.1 Å². The summed E-state index contributed by atoms with van der Waals surface area (Å²) in [6.07, 6.45) is 16.3. The fourth-order valence-electron chi connectivity index (χ4n) is 2.50. The van der Waals surface area contributed by atoms with E-state index in [9.17, 15) is 0 Å². The molecule has 0 atom stereocenters. The molecule has 0 saturated carbocycles. The minimum absolute atomic E-state index is 1.01. The molecule has 1 heterocycles. The third-order valence-electron chi connectivity index (χ3n) is 3.60. The van der Waals surface area contributed by atoms with Crippen molar-refractivity contribution in [3.05, 3.63) is 23.4 Å². The number of rotatable bonds is 0. The molecule has 0 unspecified atom stereocenters. The van der Waals surface area contributed by atoms with Gasteiger partial charge in [0.25, 0.3) is 0 Å². The molecule has 1 aliphatic carbocycles. The number of hydrazine groups is 3. The zero-order valence-electron chi connectivity index (χ0n) is 11.2. The molecule has 1 aliphatic heterocycles. The van der Waals surface area contributed by atoms with Gasteiger partial charge in [-0.1, -0.05) is 43.8 Å². The summed E-state index contributed by atoms with van der Waals surface area (Å²) in [7, 11) is 0. The van der Waals surface area contributed by atoms with Crippen molar-refractivity contribution in [1.29, 1.82) is 0 Å².